The molecule has 7 nitrogen and oxygen atoms in total. The molecule has 0 unspecified atom stereocenters. The number of thiazole rings is 1. The van der Waals surface area contributed by atoms with Gasteiger partial charge in [0.15, 0.2) is 5.13 Å². The molecule has 0 radical (unpaired) electrons. The standard InChI is InChI=1S/C15H17N3O4S.K/c1-17(15-16-10-4-2-3-5-12(10)23-15)8-13(20)18-7-9(19)6-11(18)14(21)22;/h2-5,9,11,19H,6-8H2,1H3,(H,21,22);/q;+1/p-1/t9-,11-;/m0./s1. The number of para-hydroxylation sites is 1. The van der Waals surface area contributed by atoms with Crippen molar-refractivity contribution in [3.8, 4) is 0 Å². The summed E-state index contributed by atoms with van der Waals surface area (Å²) >= 11 is 1.46. The fourth-order valence-electron chi connectivity index (χ4n) is 2.70. The van der Waals surface area contributed by atoms with Crippen LogP contribution < -0.4 is 61.4 Å². The first-order chi connectivity index (χ1) is 11.0. The number of aliphatic hydroxyl groups is 1. The molecule has 1 fully saturated rings. The molecular weight excluding hydrogens is 357 g/mol. The first-order valence-corrected chi connectivity index (χ1v) is 8.02. The third-order valence-electron chi connectivity index (χ3n) is 3.85. The summed E-state index contributed by atoms with van der Waals surface area (Å²) in [6.45, 7) is 0.0154. The Labute approximate surface area is 185 Å². The molecule has 2 aromatic rings. The molecule has 0 bridgehead atoms. The minimum Gasteiger partial charge on any atom is -0.548 e. The first kappa shape index (κ1) is 19.8. The summed E-state index contributed by atoms with van der Waals surface area (Å²) < 4.78 is 1.02. The summed E-state index contributed by atoms with van der Waals surface area (Å²) in [6, 6.07) is 6.60. The predicted molar refractivity (Wildman–Crippen MR) is 84.0 cm³/mol. The molecule has 1 N–H and O–H groups in total. The number of amides is 1. The largest absolute Gasteiger partial charge is 1.00 e. The minimum absolute atomic E-state index is 0. The number of fused-ring (bicyclic) bond motifs is 1. The van der Waals surface area contributed by atoms with Gasteiger partial charge >= 0.3 is 51.4 Å². The maximum absolute atomic E-state index is 12.4. The van der Waals surface area contributed by atoms with E-state index in [4.69, 9.17) is 0 Å². The molecule has 2 atom stereocenters. The predicted octanol–water partition coefficient (Wildman–Crippen LogP) is -3.55. The second-order valence-electron chi connectivity index (χ2n) is 5.59. The van der Waals surface area contributed by atoms with Crippen molar-refractivity contribution >= 4 is 38.6 Å². The van der Waals surface area contributed by atoms with Crippen LogP contribution in [0.3, 0.4) is 0 Å². The van der Waals surface area contributed by atoms with Crippen molar-refractivity contribution in [2.24, 2.45) is 0 Å². The Hall–Kier alpha value is -0.554. The van der Waals surface area contributed by atoms with Crippen LogP contribution >= 0.6 is 11.3 Å². The van der Waals surface area contributed by atoms with Gasteiger partial charge in [-0.05, 0) is 12.1 Å². The SMILES string of the molecule is CN(CC(=O)N1C[C@@H](O)C[C@H]1C(=O)[O-])c1nc2ccccc2s1.[K+]. The van der Waals surface area contributed by atoms with Gasteiger partial charge in [-0.3, -0.25) is 4.79 Å². The molecule has 9 heteroatoms. The van der Waals surface area contributed by atoms with E-state index in [1.807, 2.05) is 24.3 Å². The second-order valence-corrected chi connectivity index (χ2v) is 6.60. The number of likely N-dealkylation sites (tertiary alicyclic amines) is 1. The molecule has 1 aromatic carbocycles. The van der Waals surface area contributed by atoms with E-state index < -0.39 is 18.1 Å². The van der Waals surface area contributed by atoms with Gasteiger partial charge < -0.3 is 24.8 Å². The average Bonchev–Trinajstić information content (AvgIpc) is 3.10. The van der Waals surface area contributed by atoms with Crippen LogP contribution in [0.15, 0.2) is 24.3 Å². The number of hydrogen-bond donors (Lipinski definition) is 1. The number of carboxylic acids is 1. The van der Waals surface area contributed by atoms with Crippen molar-refractivity contribution < 1.29 is 71.2 Å². The number of likely N-dealkylation sites (N-methyl/N-ethyl adjacent to an activating group) is 1. The van der Waals surface area contributed by atoms with Crippen LogP contribution in [-0.2, 0) is 9.59 Å². The van der Waals surface area contributed by atoms with E-state index in [-0.39, 0.29) is 76.8 Å². The molecule has 3 rings (SSSR count). The van der Waals surface area contributed by atoms with Crippen LogP contribution in [0.25, 0.3) is 10.2 Å². The Morgan fingerprint density at radius 2 is 2.17 bits per heavy atom. The average molecular weight is 373 g/mol. The van der Waals surface area contributed by atoms with Crippen molar-refractivity contribution in [3.63, 3.8) is 0 Å². The van der Waals surface area contributed by atoms with Crippen molar-refractivity contribution in [1.29, 1.82) is 0 Å². The number of hydrogen-bond acceptors (Lipinski definition) is 7. The Morgan fingerprint density at radius 3 is 2.83 bits per heavy atom. The van der Waals surface area contributed by atoms with Crippen LogP contribution in [0.5, 0.6) is 0 Å². The van der Waals surface area contributed by atoms with Gasteiger partial charge in [0.1, 0.15) is 0 Å². The van der Waals surface area contributed by atoms with Crippen LogP contribution in [0.2, 0.25) is 0 Å². The number of aliphatic hydroxyl groups excluding tert-OH is 1. The van der Waals surface area contributed by atoms with Gasteiger partial charge in [0.25, 0.3) is 0 Å². The summed E-state index contributed by atoms with van der Waals surface area (Å²) in [6.07, 6.45) is -0.812. The molecule has 1 aliphatic rings. The van der Waals surface area contributed by atoms with Gasteiger partial charge in [-0.25, -0.2) is 4.98 Å². The van der Waals surface area contributed by atoms with E-state index in [1.165, 1.54) is 16.2 Å². The molecule has 1 saturated heterocycles. The number of aromatic nitrogens is 1. The summed E-state index contributed by atoms with van der Waals surface area (Å²) in [5.74, 6) is -1.70. The number of aliphatic carboxylic acids is 1. The number of carbonyl (C=O) groups excluding carboxylic acids is 2. The molecule has 1 aliphatic heterocycles. The van der Waals surface area contributed by atoms with Crippen LogP contribution in [0.1, 0.15) is 6.42 Å². The zero-order chi connectivity index (χ0) is 16.6. The first-order valence-electron chi connectivity index (χ1n) is 7.21. The zero-order valence-corrected chi connectivity index (χ0v) is 17.4. The second kappa shape index (κ2) is 8.22. The normalized spacial score (nSPS) is 20.0. The smallest absolute Gasteiger partial charge is 0.548 e. The van der Waals surface area contributed by atoms with Crippen molar-refractivity contribution in [3.05, 3.63) is 24.3 Å². The number of anilines is 1. The van der Waals surface area contributed by atoms with Crippen LogP contribution in [0.4, 0.5) is 5.13 Å². The number of carboxylic acid groups (broad SMARTS) is 1. The summed E-state index contributed by atoms with van der Waals surface area (Å²) in [7, 11) is 1.73. The Kier molecular flexibility index (Phi) is 6.77. The fourth-order valence-corrected chi connectivity index (χ4v) is 3.62. The molecule has 0 aliphatic carbocycles. The maximum Gasteiger partial charge on any atom is 1.00 e. The summed E-state index contributed by atoms with van der Waals surface area (Å²) in [5.41, 5.74) is 0.857. The number of nitrogens with zero attached hydrogens (tertiary/aromatic N) is 3. The van der Waals surface area contributed by atoms with Crippen LogP contribution in [0, 0.1) is 0 Å². The maximum atomic E-state index is 12.4. The van der Waals surface area contributed by atoms with E-state index in [1.54, 1.807) is 11.9 Å². The third-order valence-corrected chi connectivity index (χ3v) is 5.00. The third kappa shape index (κ3) is 4.16. The van der Waals surface area contributed by atoms with E-state index >= 15 is 0 Å². The van der Waals surface area contributed by atoms with E-state index in [2.05, 4.69) is 4.98 Å². The van der Waals surface area contributed by atoms with E-state index in [9.17, 15) is 19.8 Å². The van der Waals surface area contributed by atoms with Crippen LogP contribution in [-0.4, -0.2) is 59.1 Å². The van der Waals surface area contributed by atoms with Gasteiger partial charge in [0.05, 0.1) is 34.9 Å². The molecule has 1 aromatic heterocycles. The fraction of sp³-hybridized carbons (Fsp3) is 0.400. The number of β-amino-alcohol motifs (C(OH)–C–C–N with tert-alkyl or cyclic N) is 1. The Balaban J connectivity index is 0.00000208. The Morgan fingerprint density at radius 1 is 1.46 bits per heavy atom. The van der Waals surface area contributed by atoms with E-state index in [0.29, 0.717) is 5.13 Å². The van der Waals surface area contributed by atoms with Gasteiger partial charge in [-0.2, -0.15) is 0 Å². The zero-order valence-electron chi connectivity index (χ0n) is 13.5. The van der Waals surface area contributed by atoms with Gasteiger partial charge in [-0.1, -0.05) is 23.5 Å². The Bertz CT molecular complexity index is 720. The number of rotatable bonds is 4. The van der Waals surface area contributed by atoms with Crippen molar-refractivity contribution in [1.82, 2.24) is 9.88 Å². The van der Waals surface area contributed by atoms with E-state index in [0.717, 1.165) is 10.2 Å². The van der Waals surface area contributed by atoms with Crippen molar-refractivity contribution in [2.45, 2.75) is 18.6 Å². The molecule has 0 saturated carbocycles. The number of benzene rings is 1. The van der Waals surface area contributed by atoms with Gasteiger partial charge in [0, 0.05) is 20.0 Å². The monoisotopic (exact) mass is 373 g/mol. The molecule has 1 amide bonds. The summed E-state index contributed by atoms with van der Waals surface area (Å²) in [4.78, 5) is 30.8. The quantitative estimate of drug-likeness (QED) is 0.558. The molecule has 122 valence electrons. The topological polar surface area (TPSA) is 96.8 Å². The van der Waals surface area contributed by atoms with Gasteiger partial charge in [0.2, 0.25) is 5.91 Å². The molecular formula is C15H16KN3O4S. The molecule has 0 spiro atoms. The molecule has 24 heavy (non-hydrogen) atoms. The minimum atomic E-state index is -1.34. The summed E-state index contributed by atoms with van der Waals surface area (Å²) in [5, 5.41) is 21.4. The van der Waals surface area contributed by atoms with Crippen molar-refractivity contribution in [2.75, 3.05) is 25.0 Å². The number of carbonyl (C=O) groups is 2. The van der Waals surface area contributed by atoms with Gasteiger partial charge in [-0.15, -0.1) is 0 Å². The molecule has 2 heterocycles.